The lowest BCUT2D eigenvalue weighted by molar-refractivity contribution is -0.118. The largest absolute Gasteiger partial charge is 0.495 e. The number of nitrogens with zero attached hydrogens (tertiary/aromatic N) is 2. The highest BCUT2D eigenvalue weighted by atomic mass is 35.5. The van der Waals surface area contributed by atoms with E-state index in [2.05, 4.69) is 17.2 Å². The predicted molar refractivity (Wildman–Crippen MR) is 126 cm³/mol. The van der Waals surface area contributed by atoms with Gasteiger partial charge < -0.3 is 10.1 Å². The van der Waals surface area contributed by atoms with Crippen molar-refractivity contribution in [1.29, 1.82) is 0 Å². The zero-order valence-electron chi connectivity index (χ0n) is 16.7. The molecule has 1 N–H and O–H groups in total. The van der Waals surface area contributed by atoms with Crippen molar-refractivity contribution in [2.75, 3.05) is 24.3 Å². The molecule has 0 aliphatic carbocycles. The monoisotopic (exact) mass is 463 g/mol. The van der Waals surface area contributed by atoms with Crippen molar-refractivity contribution in [3.05, 3.63) is 51.3 Å². The van der Waals surface area contributed by atoms with E-state index in [-0.39, 0.29) is 17.6 Å². The lowest BCUT2D eigenvalue weighted by atomic mass is 10.2. The van der Waals surface area contributed by atoms with Gasteiger partial charge in [0.15, 0.2) is 5.17 Å². The number of thioether (sulfide) groups is 1. The summed E-state index contributed by atoms with van der Waals surface area (Å²) in [5.41, 5.74) is 0.885. The maximum Gasteiger partial charge on any atom is 0.283 e. The number of amidine groups is 1. The molecule has 30 heavy (non-hydrogen) atoms. The number of nitrogens with one attached hydrogen (secondary N) is 1. The molecule has 1 aromatic heterocycles. The molecule has 0 unspecified atom stereocenters. The standard InChI is InChI=1S/C21H22ClN3O3S2/c1-3-4-9-23-19(26)13-30-21-24-17(12-15-6-5-10-29-15)20(27)25(21)14-7-8-18(28-2)16(22)11-14/h5-8,10-12H,3-4,9,13H2,1-2H3,(H,23,26)/b17-12-. The summed E-state index contributed by atoms with van der Waals surface area (Å²) in [6.07, 6.45) is 3.69. The first-order valence-electron chi connectivity index (χ1n) is 9.45. The van der Waals surface area contributed by atoms with Gasteiger partial charge in [0.2, 0.25) is 5.91 Å². The van der Waals surface area contributed by atoms with Gasteiger partial charge in [-0.1, -0.05) is 42.8 Å². The molecule has 0 bridgehead atoms. The Bertz CT molecular complexity index is 974. The number of carbonyl (C=O) groups is 2. The minimum absolute atomic E-state index is 0.0907. The number of thiophene rings is 1. The van der Waals surface area contributed by atoms with Crippen LogP contribution in [0, 0.1) is 0 Å². The average molecular weight is 464 g/mol. The van der Waals surface area contributed by atoms with Gasteiger partial charge in [0.05, 0.1) is 23.6 Å². The first-order valence-corrected chi connectivity index (χ1v) is 11.7. The van der Waals surface area contributed by atoms with Gasteiger partial charge in [0, 0.05) is 11.4 Å². The van der Waals surface area contributed by atoms with E-state index in [0.29, 0.717) is 33.9 Å². The Morgan fingerprint density at radius 2 is 2.23 bits per heavy atom. The Morgan fingerprint density at radius 1 is 1.40 bits per heavy atom. The van der Waals surface area contributed by atoms with Gasteiger partial charge in [-0.05, 0) is 42.1 Å². The predicted octanol–water partition coefficient (Wildman–Crippen LogP) is 4.80. The molecule has 6 nitrogen and oxygen atoms in total. The highest BCUT2D eigenvalue weighted by Crippen LogP contribution is 2.34. The number of benzene rings is 1. The lowest BCUT2D eigenvalue weighted by Crippen LogP contribution is -2.32. The molecule has 9 heteroatoms. The van der Waals surface area contributed by atoms with Crippen molar-refractivity contribution >= 4 is 63.4 Å². The molecule has 1 aliphatic rings. The number of hydrogen-bond acceptors (Lipinski definition) is 6. The fourth-order valence-corrected chi connectivity index (χ4v) is 4.45. The maximum atomic E-state index is 13.1. The van der Waals surface area contributed by atoms with Crippen molar-refractivity contribution in [1.82, 2.24) is 5.32 Å². The van der Waals surface area contributed by atoms with E-state index in [9.17, 15) is 9.59 Å². The third-order valence-corrected chi connectivity index (χ3v) is 6.28. The number of halogens is 1. The van der Waals surface area contributed by atoms with E-state index < -0.39 is 0 Å². The summed E-state index contributed by atoms with van der Waals surface area (Å²) in [6, 6.07) is 8.93. The SMILES string of the molecule is CCCCNC(=O)CSC1=N/C(=C\c2cccs2)C(=O)N1c1ccc(OC)c(Cl)c1. The smallest absolute Gasteiger partial charge is 0.283 e. The zero-order chi connectivity index (χ0) is 21.5. The van der Waals surface area contributed by atoms with Crippen LogP contribution in [0.4, 0.5) is 5.69 Å². The second-order valence-corrected chi connectivity index (χ2v) is 8.72. The van der Waals surface area contributed by atoms with E-state index in [0.717, 1.165) is 17.7 Å². The van der Waals surface area contributed by atoms with Gasteiger partial charge in [-0.15, -0.1) is 11.3 Å². The molecular weight excluding hydrogens is 442 g/mol. The van der Waals surface area contributed by atoms with Crippen LogP contribution in [-0.2, 0) is 9.59 Å². The third kappa shape index (κ3) is 5.44. The number of anilines is 1. The van der Waals surface area contributed by atoms with Crippen LogP contribution in [0.15, 0.2) is 46.4 Å². The maximum absolute atomic E-state index is 13.1. The molecule has 0 saturated carbocycles. The van der Waals surface area contributed by atoms with Crippen LogP contribution in [0.2, 0.25) is 5.02 Å². The van der Waals surface area contributed by atoms with Crippen molar-refractivity contribution in [2.45, 2.75) is 19.8 Å². The number of carbonyl (C=O) groups excluding carboxylic acids is 2. The van der Waals surface area contributed by atoms with E-state index in [4.69, 9.17) is 16.3 Å². The minimum Gasteiger partial charge on any atom is -0.495 e. The van der Waals surface area contributed by atoms with Crippen LogP contribution < -0.4 is 15.0 Å². The Hall–Kier alpha value is -2.29. The van der Waals surface area contributed by atoms with Crippen LogP contribution in [0.3, 0.4) is 0 Å². The number of methoxy groups -OCH3 is 1. The number of ether oxygens (including phenoxy) is 1. The molecule has 158 valence electrons. The molecule has 2 amide bonds. The van der Waals surface area contributed by atoms with Crippen molar-refractivity contribution in [3.8, 4) is 5.75 Å². The highest BCUT2D eigenvalue weighted by Gasteiger charge is 2.32. The molecule has 0 fully saturated rings. The molecular formula is C21H22ClN3O3S2. The van der Waals surface area contributed by atoms with E-state index in [1.165, 1.54) is 35.1 Å². The van der Waals surface area contributed by atoms with Gasteiger partial charge in [-0.3, -0.25) is 14.5 Å². The molecule has 1 aromatic carbocycles. The first-order chi connectivity index (χ1) is 14.5. The third-order valence-electron chi connectivity index (χ3n) is 4.23. The highest BCUT2D eigenvalue weighted by molar-refractivity contribution is 8.14. The number of unbranched alkanes of at least 4 members (excludes halogenated alkanes) is 1. The molecule has 2 heterocycles. The fraction of sp³-hybridized carbons (Fsp3) is 0.286. The number of aliphatic imine (C=N–C) groups is 1. The van der Waals surface area contributed by atoms with Crippen LogP contribution in [0.5, 0.6) is 5.75 Å². The van der Waals surface area contributed by atoms with E-state index >= 15 is 0 Å². The summed E-state index contributed by atoms with van der Waals surface area (Å²) in [5, 5.41) is 5.64. The molecule has 2 aromatic rings. The molecule has 3 rings (SSSR count). The summed E-state index contributed by atoms with van der Waals surface area (Å²) in [6.45, 7) is 2.71. The number of rotatable bonds is 8. The van der Waals surface area contributed by atoms with Gasteiger partial charge in [0.25, 0.3) is 5.91 Å². The normalized spacial score (nSPS) is 14.9. The van der Waals surface area contributed by atoms with Gasteiger partial charge in [-0.25, -0.2) is 4.99 Å². The summed E-state index contributed by atoms with van der Waals surface area (Å²) >= 11 is 9.01. The first kappa shape index (κ1) is 22.4. The Kier molecular flexibility index (Phi) is 7.95. The second kappa shape index (κ2) is 10.7. The van der Waals surface area contributed by atoms with Gasteiger partial charge >= 0.3 is 0 Å². The fourth-order valence-electron chi connectivity index (χ4n) is 2.71. The molecule has 0 atom stereocenters. The molecule has 0 saturated heterocycles. The van der Waals surface area contributed by atoms with Crippen molar-refractivity contribution in [3.63, 3.8) is 0 Å². The molecule has 1 aliphatic heterocycles. The molecule has 0 radical (unpaired) electrons. The van der Waals surface area contributed by atoms with Crippen LogP contribution in [0.25, 0.3) is 6.08 Å². The van der Waals surface area contributed by atoms with Gasteiger partial charge in [-0.2, -0.15) is 0 Å². The Labute approximate surface area is 189 Å². The number of hydrogen-bond donors (Lipinski definition) is 1. The van der Waals surface area contributed by atoms with E-state index in [1.807, 2.05) is 17.5 Å². The lowest BCUT2D eigenvalue weighted by Gasteiger charge is -2.18. The minimum atomic E-state index is -0.265. The summed E-state index contributed by atoms with van der Waals surface area (Å²) in [5.74, 6) is 0.330. The Balaban J connectivity index is 1.84. The quantitative estimate of drug-likeness (QED) is 0.450. The molecule has 0 spiro atoms. The average Bonchev–Trinajstić information content (AvgIpc) is 3.35. The second-order valence-electron chi connectivity index (χ2n) is 6.39. The van der Waals surface area contributed by atoms with Crippen LogP contribution in [-0.4, -0.2) is 36.4 Å². The van der Waals surface area contributed by atoms with Crippen LogP contribution in [0.1, 0.15) is 24.6 Å². The summed E-state index contributed by atoms with van der Waals surface area (Å²) < 4.78 is 5.20. The zero-order valence-corrected chi connectivity index (χ0v) is 19.1. The van der Waals surface area contributed by atoms with Crippen molar-refractivity contribution in [2.24, 2.45) is 4.99 Å². The topological polar surface area (TPSA) is 71.0 Å². The summed E-state index contributed by atoms with van der Waals surface area (Å²) in [4.78, 5) is 32.2. The van der Waals surface area contributed by atoms with Gasteiger partial charge in [0.1, 0.15) is 11.4 Å². The Morgan fingerprint density at radius 3 is 2.90 bits per heavy atom. The van der Waals surface area contributed by atoms with E-state index in [1.54, 1.807) is 24.3 Å². The van der Waals surface area contributed by atoms with Crippen LogP contribution >= 0.6 is 34.7 Å². The summed E-state index contributed by atoms with van der Waals surface area (Å²) in [7, 11) is 1.53. The number of amides is 2. The van der Waals surface area contributed by atoms with Crippen molar-refractivity contribution < 1.29 is 14.3 Å².